The number of nitrogens with zero attached hydrogens (tertiary/aromatic N) is 1. The van der Waals surface area contributed by atoms with Crippen molar-refractivity contribution in [1.29, 1.82) is 0 Å². The van der Waals surface area contributed by atoms with E-state index < -0.39 is 0 Å². The number of hydrogen-bond acceptors (Lipinski definition) is 3. The van der Waals surface area contributed by atoms with Gasteiger partial charge in [-0.25, -0.2) is 0 Å². The number of pyridine rings is 1. The lowest BCUT2D eigenvalue weighted by Gasteiger charge is -2.26. The molecule has 1 aromatic carbocycles. The molecule has 0 spiro atoms. The van der Waals surface area contributed by atoms with Crippen molar-refractivity contribution in [2.24, 2.45) is 0 Å². The summed E-state index contributed by atoms with van der Waals surface area (Å²) in [5, 5.41) is 3.20. The van der Waals surface area contributed by atoms with Gasteiger partial charge in [-0.15, -0.1) is 12.4 Å². The number of hydrogen-bond donors (Lipinski definition) is 1. The van der Waals surface area contributed by atoms with Crippen molar-refractivity contribution in [3.63, 3.8) is 0 Å². The lowest BCUT2D eigenvalue weighted by Crippen LogP contribution is -2.25. The minimum absolute atomic E-state index is 0. The van der Waals surface area contributed by atoms with E-state index >= 15 is 0 Å². The highest BCUT2D eigenvalue weighted by Gasteiger charge is 2.20. The van der Waals surface area contributed by atoms with Crippen molar-refractivity contribution in [2.75, 3.05) is 20.2 Å². The van der Waals surface area contributed by atoms with Crippen LogP contribution in [0.5, 0.6) is 0 Å². The zero-order chi connectivity index (χ0) is 13.1. The predicted octanol–water partition coefficient (Wildman–Crippen LogP) is 3.00. The molecule has 0 radical (unpaired) electrons. The van der Waals surface area contributed by atoms with E-state index in [0.717, 1.165) is 25.1 Å². The van der Waals surface area contributed by atoms with Gasteiger partial charge in [-0.1, -0.05) is 18.2 Å². The second-order valence-electron chi connectivity index (χ2n) is 4.82. The Balaban J connectivity index is 0.00000147. The average molecular weight is 291 g/mol. The molecule has 3 rings (SSSR count). The van der Waals surface area contributed by atoms with Gasteiger partial charge in [-0.3, -0.25) is 4.98 Å². The minimum Gasteiger partial charge on any atom is -0.372 e. The highest BCUT2D eigenvalue weighted by atomic mass is 35.5. The standard InChI is InChI=1S/C16H18N2O.ClH/c1-17-11-16-15-9-13(14-3-2-7-18-10-14)5-4-12(15)6-8-19-16;/h2-5,7,9-10,16-17H,6,8,11H2,1H3;1H. The van der Waals surface area contributed by atoms with Gasteiger partial charge in [0.15, 0.2) is 0 Å². The highest BCUT2D eigenvalue weighted by Crippen LogP contribution is 2.30. The van der Waals surface area contributed by atoms with Crippen LogP contribution in [-0.2, 0) is 11.2 Å². The van der Waals surface area contributed by atoms with Gasteiger partial charge >= 0.3 is 0 Å². The van der Waals surface area contributed by atoms with E-state index in [1.807, 2.05) is 19.3 Å². The largest absolute Gasteiger partial charge is 0.372 e. The fourth-order valence-corrected chi connectivity index (χ4v) is 2.59. The summed E-state index contributed by atoms with van der Waals surface area (Å²) in [6.07, 6.45) is 4.86. The van der Waals surface area contributed by atoms with Crippen LogP contribution in [0.15, 0.2) is 42.7 Å². The van der Waals surface area contributed by atoms with Gasteiger partial charge in [0.25, 0.3) is 0 Å². The van der Waals surface area contributed by atoms with Crippen molar-refractivity contribution >= 4 is 12.4 Å². The summed E-state index contributed by atoms with van der Waals surface area (Å²) in [5.41, 5.74) is 5.07. The molecule has 1 aliphatic rings. The molecule has 0 bridgehead atoms. The normalized spacial score (nSPS) is 17.1. The number of nitrogens with one attached hydrogen (secondary N) is 1. The molecule has 1 atom stereocenters. The third-order valence-electron chi connectivity index (χ3n) is 3.57. The topological polar surface area (TPSA) is 34.1 Å². The Kier molecular flexibility index (Phi) is 5.12. The molecule has 1 N–H and O–H groups in total. The molecule has 0 saturated carbocycles. The zero-order valence-electron chi connectivity index (χ0n) is 11.5. The van der Waals surface area contributed by atoms with Gasteiger partial charge < -0.3 is 10.1 Å². The minimum atomic E-state index is 0. The third kappa shape index (κ3) is 3.01. The molecule has 0 amide bonds. The van der Waals surface area contributed by atoms with Crippen molar-refractivity contribution in [2.45, 2.75) is 12.5 Å². The summed E-state index contributed by atoms with van der Waals surface area (Å²) in [5.74, 6) is 0. The summed E-state index contributed by atoms with van der Waals surface area (Å²) in [6, 6.07) is 10.7. The SMILES string of the molecule is CNCC1OCCc2ccc(-c3cccnc3)cc21.Cl. The quantitative estimate of drug-likeness (QED) is 0.943. The van der Waals surface area contributed by atoms with E-state index in [1.54, 1.807) is 6.20 Å². The maximum Gasteiger partial charge on any atom is 0.0952 e. The Morgan fingerprint density at radius 3 is 2.95 bits per heavy atom. The molecular weight excluding hydrogens is 272 g/mol. The molecule has 1 aromatic heterocycles. The van der Waals surface area contributed by atoms with Gasteiger partial charge in [0.1, 0.15) is 0 Å². The van der Waals surface area contributed by atoms with Crippen LogP contribution in [0.25, 0.3) is 11.1 Å². The van der Waals surface area contributed by atoms with Gasteiger partial charge in [-0.05, 0) is 47.9 Å². The van der Waals surface area contributed by atoms with E-state index in [2.05, 4.69) is 34.6 Å². The maximum absolute atomic E-state index is 5.86. The van der Waals surface area contributed by atoms with Crippen LogP contribution in [0.4, 0.5) is 0 Å². The van der Waals surface area contributed by atoms with Crippen molar-refractivity contribution in [3.05, 3.63) is 53.9 Å². The zero-order valence-corrected chi connectivity index (χ0v) is 12.3. The number of likely N-dealkylation sites (N-methyl/N-ethyl adjacent to an activating group) is 1. The summed E-state index contributed by atoms with van der Waals surface area (Å²) < 4.78 is 5.86. The Hall–Kier alpha value is -1.42. The lowest BCUT2D eigenvalue weighted by molar-refractivity contribution is 0.0439. The Labute approximate surface area is 125 Å². The fraction of sp³-hybridized carbons (Fsp3) is 0.312. The van der Waals surface area contributed by atoms with E-state index in [4.69, 9.17) is 4.74 Å². The molecule has 3 nitrogen and oxygen atoms in total. The van der Waals surface area contributed by atoms with Gasteiger partial charge in [-0.2, -0.15) is 0 Å². The number of fused-ring (bicyclic) bond motifs is 1. The van der Waals surface area contributed by atoms with Crippen molar-refractivity contribution < 1.29 is 4.74 Å². The Bertz CT molecular complexity index is 560. The molecule has 2 aromatic rings. The monoisotopic (exact) mass is 290 g/mol. The molecular formula is C16H19ClN2O. The van der Waals surface area contributed by atoms with Crippen LogP contribution in [0.3, 0.4) is 0 Å². The lowest BCUT2D eigenvalue weighted by atomic mass is 9.93. The van der Waals surface area contributed by atoms with Crippen LogP contribution >= 0.6 is 12.4 Å². The first-order valence-electron chi connectivity index (χ1n) is 6.68. The van der Waals surface area contributed by atoms with Crippen LogP contribution in [-0.4, -0.2) is 25.2 Å². The van der Waals surface area contributed by atoms with Crippen LogP contribution in [0.1, 0.15) is 17.2 Å². The molecule has 0 aliphatic carbocycles. The first-order chi connectivity index (χ1) is 9.38. The number of aromatic nitrogens is 1. The number of benzene rings is 1. The molecule has 2 heterocycles. The van der Waals surface area contributed by atoms with Crippen molar-refractivity contribution in [3.8, 4) is 11.1 Å². The van der Waals surface area contributed by atoms with Crippen LogP contribution in [0, 0.1) is 0 Å². The second kappa shape index (κ2) is 6.84. The highest BCUT2D eigenvalue weighted by molar-refractivity contribution is 5.85. The molecule has 1 aliphatic heterocycles. The van der Waals surface area contributed by atoms with Crippen LogP contribution in [0.2, 0.25) is 0 Å². The average Bonchev–Trinajstić information content (AvgIpc) is 2.48. The smallest absolute Gasteiger partial charge is 0.0952 e. The summed E-state index contributed by atoms with van der Waals surface area (Å²) in [6.45, 7) is 1.66. The first kappa shape index (κ1) is 15.0. The van der Waals surface area contributed by atoms with Crippen LogP contribution < -0.4 is 5.32 Å². The summed E-state index contributed by atoms with van der Waals surface area (Å²) in [4.78, 5) is 4.18. The number of ether oxygens (including phenoxy) is 1. The first-order valence-corrected chi connectivity index (χ1v) is 6.68. The molecule has 0 saturated heterocycles. The molecule has 4 heteroatoms. The molecule has 20 heavy (non-hydrogen) atoms. The fourth-order valence-electron chi connectivity index (χ4n) is 2.59. The molecule has 1 unspecified atom stereocenters. The van der Waals surface area contributed by atoms with Crippen molar-refractivity contribution in [1.82, 2.24) is 10.3 Å². The van der Waals surface area contributed by atoms with E-state index in [-0.39, 0.29) is 18.5 Å². The maximum atomic E-state index is 5.86. The Morgan fingerprint density at radius 2 is 2.20 bits per heavy atom. The molecule has 0 fully saturated rings. The number of halogens is 1. The van der Waals surface area contributed by atoms with Gasteiger partial charge in [0.05, 0.1) is 12.7 Å². The predicted molar refractivity (Wildman–Crippen MR) is 83.2 cm³/mol. The summed E-state index contributed by atoms with van der Waals surface area (Å²) in [7, 11) is 1.96. The number of rotatable bonds is 3. The Morgan fingerprint density at radius 1 is 1.30 bits per heavy atom. The van der Waals surface area contributed by atoms with E-state index in [9.17, 15) is 0 Å². The van der Waals surface area contributed by atoms with E-state index in [1.165, 1.54) is 16.7 Å². The second-order valence-corrected chi connectivity index (χ2v) is 4.82. The summed E-state index contributed by atoms with van der Waals surface area (Å²) >= 11 is 0. The van der Waals surface area contributed by atoms with Gasteiger partial charge in [0, 0.05) is 18.9 Å². The molecule has 106 valence electrons. The third-order valence-corrected chi connectivity index (χ3v) is 3.57. The van der Waals surface area contributed by atoms with Gasteiger partial charge in [0.2, 0.25) is 0 Å². The van der Waals surface area contributed by atoms with E-state index in [0.29, 0.717) is 0 Å².